The maximum atomic E-state index is 11.8. The number of benzene rings is 1. The van der Waals surface area contributed by atoms with Gasteiger partial charge in [-0.05, 0) is 44.4 Å². The van der Waals surface area contributed by atoms with E-state index in [1.54, 1.807) is 45.9 Å². The van der Waals surface area contributed by atoms with E-state index in [0.717, 1.165) is 5.56 Å². The van der Waals surface area contributed by atoms with E-state index in [1.807, 2.05) is 0 Å². The van der Waals surface area contributed by atoms with Crippen molar-refractivity contribution in [3.63, 3.8) is 0 Å². The highest BCUT2D eigenvalue weighted by Crippen LogP contribution is 2.28. The number of carbonyl (C=O) groups is 2. The number of ether oxygens (including phenoxy) is 1. The molecule has 116 valence electrons. The third-order valence-corrected chi connectivity index (χ3v) is 3.01. The maximum absolute atomic E-state index is 11.8. The summed E-state index contributed by atoms with van der Waals surface area (Å²) in [6, 6.07) is 5.04. The molecular weight excluding hydrogens is 294 g/mol. The summed E-state index contributed by atoms with van der Waals surface area (Å²) in [4.78, 5) is 22.5. The number of anilines is 1. The minimum Gasteiger partial charge on any atom is -0.481 e. The molecule has 1 aromatic carbocycles. The zero-order chi connectivity index (χ0) is 16.2. The molecular formula is C15H20ClNO4. The molecule has 0 radical (unpaired) electrons. The van der Waals surface area contributed by atoms with Crippen LogP contribution in [0.3, 0.4) is 0 Å². The molecule has 1 aromatic rings. The highest BCUT2D eigenvalue weighted by atomic mass is 35.5. The number of hydrogen-bond donors (Lipinski definition) is 2. The van der Waals surface area contributed by atoms with E-state index in [0.29, 0.717) is 10.7 Å². The average Bonchev–Trinajstić information content (AvgIpc) is 2.28. The van der Waals surface area contributed by atoms with Crippen molar-refractivity contribution < 1.29 is 19.4 Å². The van der Waals surface area contributed by atoms with Gasteiger partial charge in [0.25, 0.3) is 0 Å². The van der Waals surface area contributed by atoms with Crippen LogP contribution < -0.4 is 5.32 Å². The van der Waals surface area contributed by atoms with Gasteiger partial charge >= 0.3 is 12.1 Å². The van der Waals surface area contributed by atoms with Crippen molar-refractivity contribution in [3.8, 4) is 0 Å². The molecule has 0 spiro atoms. The number of aliphatic carboxylic acids is 1. The fraction of sp³-hybridized carbons (Fsp3) is 0.467. The molecule has 0 aliphatic rings. The standard InChI is InChI=1S/C15H20ClNO4/c1-9(7-13(18)19)10-5-6-11(16)12(8-10)17-14(20)21-15(2,3)4/h5-6,8-9H,7H2,1-4H3,(H,17,20)(H,18,19). The number of rotatable bonds is 4. The summed E-state index contributed by atoms with van der Waals surface area (Å²) in [5.41, 5.74) is 0.582. The van der Waals surface area contributed by atoms with E-state index in [2.05, 4.69) is 5.32 Å². The minimum atomic E-state index is -0.876. The molecule has 1 amide bonds. The van der Waals surface area contributed by atoms with Gasteiger partial charge in [0.2, 0.25) is 0 Å². The first-order valence-corrected chi connectivity index (χ1v) is 6.97. The lowest BCUT2D eigenvalue weighted by molar-refractivity contribution is -0.137. The van der Waals surface area contributed by atoms with Gasteiger partial charge in [-0.25, -0.2) is 4.79 Å². The first-order chi connectivity index (χ1) is 9.58. The Balaban J connectivity index is 2.87. The zero-order valence-corrected chi connectivity index (χ0v) is 13.3. The quantitative estimate of drug-likeness (QED) is 0.870. The van der Waals surface area contributed by atoms with E-state index in [4.69, 9.17) is 21.4 Å². The van der Waals surface area contributed by atoms with Gasteiger partial charge in [0.15, 0.2) is 0 Å². The summed E-state index contributed by atoms with van der Waals surface area (Å²) in [6.45, 7) is 7.09. The second-order valence-electron chi connectivity index (χ2n) is 5.87. The summed E-state index contributed by atoms with van der Waals surface area (Å²) in [7, 11) is 0. The highest BCUT2D eigenvalue weighted by molar-refractivity contribution is 6.33. The molecule has 0 saturated carbocycles. The molecule has 0 fully saturated rings. The lowest BCUT2D eigenvalue weighted by Gasteiger charge is -2.20. The van der Waals surface area contributed by atoms with Crippen molar-refractivity contribution in [1.82, 2.24) is 0 Å². The number of carboxylic acids is 1. The van der Waals surface area contributed by atoms with Crippen LogP contribution in [0.2, 0.25) is 5.02 Å². The van der Waals surface area contributed by atoms with Crippen LogP contribution in [0.5, 0.6) is 0 Å². The van der Waals surface area contributed by atoms with Crippen molar-refractivity contribution in [2.24, 2.45) is 0 Å². The molecule has 0 saturated heterocycles. The SMILES string of the molecule is CC(CC(=O)O)c1ccc(Cl)c(NC(=O)OC(C)(C)C)c1. The second kappa shape index (κ2) is 6.80. The van der Waals surface area contributed by atoms with Crippen LogP contribution in [0.25, 0.3) is 0 Å². The summed E-state index contributed by atoms with van der Waals surface area (Å²) in [5, 5.41) is 11.8. The minimum absolute atomic E-state index is 0.00745. The van der Waals surface area contributed by atoms with Crippen LogP contribution in [0.1, 0.15) is 45.6 Å². The monoisotopic (exact) mass is 313 g/mol. The van der Waals surface area contributed by atoms with Gasteiger partial charge in [-0.3, -0.25) is 10.1 Å². The normalized spacial score (nSPS) is 12.6. The van der Waals surface area contributed by atoms with Crippen LogP contribution in [-0.4, -0.2) is 22.8 Å². The molecule has 6 heteroatoms. The zero-order valence-electron chi connectivity index (χ0n) is 12.6. The van der Waals surface area contributed by atoms with Crippen LogP contribution in [0.4, 0.5) is 10.5 Å². The Morgan fingerprint density at radius 3 is 2.52 bits per heavy atom. The van der Waals surface area contributed by atoms with E-state index < -0.39 is 17.7 Å². The third-order valence-electron chi connectivity index (χ3n) is 2.68. The van der Waals surface area contributed by atoms with Gasteiger partial charge in [-0.1, -0.05) is 24.6 Å². The van der Waals surface area contributed by atoms with E-state index in [-0.39, 0.29) is 12.3 Å². The Hall–Kier alpha value is -1.75. The summed E-state index contributed by atoms with van der Waals surface area (Å²) in [6.07, 6.45) is -0.597. The van der Waals surface area contributed by atoms with Crippen LogP contribution in [-0.2, 0) is 9.53 Å². The molecule has 1 atom stereocenters. The van der Waals surface area contributed by atoms with Crippen LogP contribution >= 0.6 is 11.6 Å². The Morgan fingerprint density at radius 1 is 1.38 bits per heavy atom. The maximum Gasteiger partial charge on any atom is 0.412 e. The lowest BCUT2D eigenvalue weighted by Crippen LogP contribution is -2.27. The van der Waals surface area contributed by atoms with Crippen molar-refractivity contribution >= 4 is 29.4 Å². The molecule has 5 nitrogen and oxygen atoms in total. The molecule has 0 bridgehead atoms. The Kier molecular flexibility index (Phi) is 5.61. The Morgan fingerprint density at radius 2 is 2.00 bits per heavy atom. The molecule has 0 aromatic heterocycles. The Labute approximate surface area is 129 Å². The molecule has 0 heterocycles. The molecule has 0 aliphatic heterocycles. The topological polar surface area (TPSA) is 75.6 Å². The Bertz CT molecular complexity index is 537. The van der Waals surface area contributed by atoms with E-state index >= 15 is 0 Å². The average molecular weight is 314 g/mol. The van der Waals surface area contributed by atoms with Gasteiger partial charge in [0, 0.05) is 0 Å². The summed E-state index contributed by atoms with van der Waals surface area (Å²) in [5.74, 6) is -1.06. The van der Waals surface area contributed by atoms with Gasteiger partial charge in [-0.15, -0.1) is 0 Å². The van der Waals surface area contributed by atoms with Crippen molar-refractivity contribution in [2.75, 3.05) is 5.32 Å². The van der Waals surface area contributed by atoms with Gasteiger partial charge < -0.3 is 9.84 Å². The number of nitrogens with one attached hydrogen (secondary N) is 1. The predicted molar refractivity (Wildman–Crippen MR) is 82.0 cm³/mol. The number of carboxylic acid groups (broad SMARTS) is 1. The number of halogens is 1. The number of carbonyl (C=O) groups excluding carboxylic acids is 1. The van der Waals surface area contributed by atoms with Crippen molar-refractivity contribution in [1.29, 1.82) is 0 Å². The summed E-state index contributed by atoms with van der Waals surface area (Å²) < 4.78 is 5.16. The van der Waals surface area contributed by atoms with Crippen molar-refractivity contribution in [2.45, 2.75) is 45.6 Å². The van der Waals surface area contributed by atoms with E-state index in [1.165, 1.54) is 0 Å². The molecule has 1 unspecified atom stereocenters. The van der Waals surface area contributed by atoms with Gasteiger partial charge in [0.05, 0.1) is 17.1 Å². The van der Waals surface area contributed by atoms with Crippen LogP contribution in [0.15, 0.2) is 18.2 Å². The third kappa shape index (κ3) is 6.04. The van der Waals surface area contributed by atoms with E-state index in [9.17, 15) is 9.59 Å². The first-order valence-electron chi connectivity index (χ1n) is 6.59. The molecule has 21 heavy (non-hydrogen) atoms. The smallest absolute Gasteiger partial charge is 0.412 e. The largest absolute Gasteiger partial charge is 0.481 e. The lowest BCUT2D eigenvalue weighted by atomic mass is 9.97. The highest BCUT2D eigenvalue weighted by Gasteiger charge is 2.18. The van der Waals surface area contributed by atoms with Crippen molar-refractivity contribution in [3.05, 3.63) is 28.8 Å². The first kappa shape index (κ1) is 17.3. The number of amides is 1. The fourth-order valence-corrected chi connectivity index (χ4v) is 1.90. The van der Waals surface area contributed by atoms with Gasteiger partial charge in [-0.2, -0.15) is 0 Å². The number of hydrogen-bond acceptors (Lipinski definition) is 3. The van der Waals surface area contributed by atoms with Crippen LogP contribution in [0, 0.1) is 0 Å². The fourth-order valence-electron chi connectivity index (χ4n) is 1.74. The molecule has 2 N–H and O–H groups in total. The predicted octanol–water partition coefficient (Wildman–Crippen LogP) is 4.27. The summed E-state index contributed by atoms with van der Waals surface area (Å²) >= 11 is 6.04. The second-order valence-corrected chi connectivity index (χ2v) is 6.27. The molecule has 0 aliphatic carbocycles. The van der Waals surface area contributed by atoms with Gasteiger partial charge in [0.1, 0.15) is 5.60 Å². The molecule has 1 rings (SSSR count).